The van der Waals surface area contributed by atoms with Crippen LogP contribution in [-0.2, 0) is 11.3 Å². The standard InChI is InChI=1S/C12H18ClNO/c1-10(2)14-7-8-15-9-11-5-3-4-6-12(11)13/h3-6,10,14H,7-9H2,1-2H3. The van der Waals surface area contributed by atoms with Crippen molar-refractivity contribution in [2.24, 2.45) is 0 Å². The zero-order valence-corrected chi connectivity index (χ0v) is 10.1. The van der Waals surface area contributed by atoms with Gasteiger partial charge in [0.1, 0.15) is 0 Å². The van der Waals surface area contributed by atoms with Crippen molar-refractivity contribution in [2.45, 2.75) is 26.5 Å². The molecule has 0 unspecified atom stereocenters. The molecule has 0 saturated carbocycles. The zero-order valence-electron chi connectivity index (χ0n) is 9.29. The minimum atomic E-state index is 0.508. The molecule has 1 aromatic rings. The molecule has 0 aliphatic carbocycles. The van der Waals surface area contributed by atoms with Crippen LogP contribution in [0.5, 0.6) is 0 Å². The number of benzene rings is 1. The first-order chi connectivity index (χ1) is 7.20. The topological polar surface area (TPSA) is 21.3 Å². The third-order valence-corrected chi connectivity index (χ3v) is 2.38. The van der Waals surface area contributed by atoms with E-state index in [2.05, 4.69) is 19.2 Å². The van der Waals surface area contributed by atoms with Gasteiger partial charge in [-0.1, -0.05) is 43.6 Å². The molecule has 0 amide bonds. The lowest BCUT2D eigenvalue weighted by Gasteiger charge is -2.09. The molecule has 0 heterocycles. The summed E-state index contributed by atoms with van der Waals surface area (Å²) in [4.78, 5) is 0. The molecule has 0 atom stereocenters. The van der Waals surface area contributed by atoms with Crippen molar-refractivity contribution in [3.05, 3.63) is 34.9 Å². The van der Waals surface area contributed by atoms with Gasteiger partial charge in [0.2, 0.25) is 0 Å². The van der Waals surface area contributed by atoms with Gasteiger partial charge in [0.05, 0.1) is 13.2 Å². The van der Waals surface area contributed by atoms with Crippen LogP contribution in [0.1, 0.15) is 19.4 Å². The first-order valence-corrected chi connectivity index (χ1v) is 5.62. The monoisotopic (exact) mass is 227 g/mol. The normalized spacial score (nSPS) is 10.9. The Labute approximate surface area is 96.6 Å². The van der Waals surface area contributed by atoms with Crippen LogP contribution in [-0.4, -0.2) is 19.2 Å². The summed E-state index contributed by atoms with van der Waals surface area (Å²) < 4.78 is 5.50. The molecule has 3 heteroatoms. The van der Waals surface area contributed by atoms with E-state index in [1.807, 2.05) is 24.3 Å². The Balaban J connectivity index is 2.18. The highest BCUT2D eigenvalue weighted by molar-refractivity contribution is 6.31. The van der Waals surface area contributed by atoms with Gasteiger partial charge in [-0.2, -0.15) is 0 Å². The van der Waals surface area contributed by atoms with Gasteiger partial charge in [0.15, 0.2) is 0 Å². The number of halogens is 1. The average Bonchev–Trinajstić information content (AvgIpc) is 2.20. The first-order valence-electron chi connectivity index (χ1n) is 5.24. The lowest BCUT2D eigenvalue weighted by Crippen LogP contribution is -2.26. The predicted molar refractivity (Wildman–Crippen MR) is 64.2 cm³/mol. The molecule has 1 N–H and O–H groups in total. The van der Waals surface area contributed by atoms with Crippen LogP contribution in [0, 0.1) is 0 Å². The van der Waals surface area contributed by atoms with Crippen molar-refractivity contribution in [2.75, 3.05) is 13.2 Å². The molecule has 1 aromatic carbocycles. The summed E-state index contributed by atoms with van der Waals surface area (Å²) in [5.74, 6) is 0. The highest BCUT2D eigenvalue weighted by atomic mass is 35.5. The van der Waals surface area contributed by atoms with Crippen LogP contribution in [0.3, 0.4) is 0 Å². The smallest absolute Gasteiger partial charge is 0.0731 e. The number of rotatable bonds is 6. The van der Waals surface area contributed by atoms with Crippen molar-refractivity contribution in [1.82, 2.24) is 5.32 Å². The molecule has 0 saturated heterocycles. The lowest BCUT2D eigenvalue weighted by atomic mass is 10.2. The summed E-state index contributed by atoms with van der Waals surface area (Å²) in [6.45, 7) is 6.41. The van der Waals surface area contributed by atoms with E-state index in [-0.39, 0.29) is 0 Å². The molecular weight excluding hydrogens is 210 g/mol. The van der Waals surface area contributed by atoms with E-state index >= 15 is 0 Å². The summed E-state index contributed by atoms with van der Waals surface area (Å²) >= 11 is 5.99. The fourth-order valence-electron chi connectivity index (χ4n) is 1.22. The lowest BCUT2D eigenvalue weighted by molar-refractivity contribution is 0.121. The van der Waals surface area contributed by atoms with E-state index in [0.29, 0.717) is 19.3 Å². The van der Waals surface area contributed by atoms with Gasteiger partial charge in [-0.15, -0.1) is 0 Å². The Morgan fingerprint density at radius 2 is 2.07 bits per heavy atom. The fourth-order valence-corrected chi connectivity index (χ4v) is 1.41. The van der Waals surface area contributed by atoms with Crippen molar-refractivity contribution < 1.29 is 4.74 Å². The van der Waals surface area contributed by atoms with Gasteiger partial charge in [-0.3, -0.25) is 0 Å². The van der Waals surface area contributed by atoms with Crippen LogP contribution in [0.25, 0.3) is 0 Å². The van der Waals surface area contributed by atoms with Gasteiger partial charge in [0, 0.05) is 17.6 Å². The Morgan fingerprint density at radius 1 is 1.33 bits per heavy atom. The number of ether oxygens (including phenoxy) is 1. The second-order valence-corrected chi connectivity index (χ2v) is 4.16. The molecule has 0 aromatic heterocycles. The van der Waals surface area contributed by atoms with E-state index < -0.39 is 0 Å². The van der Waals surface area contributed by atoms with Crippen LogP contribution >= 0.6 is 11.6 Å². The number of hydrogen-bond donors (Lipinski definition) is 1. The maximum absolute atomic E-state index is 5.99. The van der Waals surface area contributed by atoms with E-state index in [4.69, 9.17) is 16.3 Å². The maximum atomic E-state index is 5.99. The molecule has 0 bridgehead atoms. The highest BCUT2D eigenvalue weighted by Crippen LogP contribution is 2.15. The SMILES string of the molecule is CC(C)NCCOCc1ccccc1Cl. The average molecular weight is 228 g/mol. The summed E-state index contributed by atoms with van der Waals surface area (Å²) in [6, 6.07) is 8.27. The minimum absolute atomic E-state index is 0.508. The van der Waals surface area contributed by atoms with Crippen LogP contribution in [0.4, 0.5) is 0 Å². The Bertz CT molecular complexity index is 289. The van der Waals surface area contributed by atoms with Gasteiger partial charge in [-0.05, 0) is 11.6 Å². The van der Waals surface area contributed by atoms with Gasteiger partial charge in [0.25, 0.3) is 0 Å². The first kappa shape index (κ1) is 12.5. The number of nitrogens with one attached hydrogen (secondary N) is 1. The Hall–Kier alpha value is -0.570. The summed E-state index contributed by atoms with van der Waals surface area (Å²) in [6.07, 6.45) is 0. The van der Waals surface area contributed by atoms with Crippen molar-refractivity contribution >= 4 is 11.6 Å². The largest absolute Gasteiger partial charge is 0.375 e. The second-order valence-electron chi connectivity index (χ2n) is 3.75. The third kappa shape index (κ3) is 5.17. The summed E-state index contributed by atoms with van der Waals surface area (Å²) in [7, 11) is 0. The van der Waals surface area contributed by atoms with E-state index in [1.54, 1.807) is 0 Å². The van der Waals surface area contributed by atoms with Crippen molar-refractivity contribution in [3.8, 4) is 0 Å². The van der Waals surface area contributed by atoms with Gasteiger partial charge in [-0.25, -0.2) is 0 Å². The van der Waals surface area contributed by atoms with E-state index in [1.165, 1.54) is 0 Å². The molecule has 0 spiro atoms. The Morgan fingerprint density at radius 3 is 2.73 bits per heavy atom. The van der Waals surface area contributed by atoms with Gasteiger partial charge >= 0.3 is 0 Å². The van der Waals surface area contributed by atoms with Crippen molar-refractivity contribution in [3.63, 3.8) is 0 Å². The van der Waals surface area contributed by atoms with Crippen LogP contribution < -0.4 is 5.32 Å². The van der Waals surface area contributed by atoms with Crippen LogP contribution in [0.15, 0.2) is 24.3 Å². The summed E-state index contributed by atoms with van der Waals surface area (Å²) in [5, 5.41) is 4.06. The molecule has 0 aliphatic rings. The highest BCUT2D eigenvalue weighted by Gasteiger charge is 1.98. The fraction of sp³-hybridized carbons (Fsp3) is 0.500. The quantitative estimate of drug-likeness (QED) is 0.755. The molecule has 0 radical (unpaired) electrons. The van der Waals surface area contributed by atoms with E-state index in [9.17, 15) is 0 Å². The second kappa shape index (κ2) is 6.83. The minimum Gasteiger partial charge on any atom is -0.375 e. The van der Waals surface area contributed by atoms with Crippen molar-refractivity contribution in [1.29, 1.82) is 0 Å². The molecular formula is C12H18ClNO. The molecule has 2 nitrogen and oxygen atoms in total. The summed E-state index contributed by atoms with van der Waals surface area (Å²) in [5.41, 5.74) is 1.05. The van der Waals surface area contributed by atoms with Crippen LogP contribution in [0.2, 0.25) is 5.02 Å². The molecule has 1 rings (SSSR count). The zero-order chi connectivity index (χ0) is 11.1. The molecule has 84 valence electrons. The van der Waals surface area contributed by atoms with Gasteiger partial charge < -0.3 is 10.1 Å². The third-order valence-electron chi connectivity index (χ3n) is 2.01. The Kier molecular flexibility index (Phi) is 5.69. The molecule has 0 aliphatic heterocycles. The predicted octanol–water partition coefficient (Wildman–Crippen LogP) is 2.85. The maximum Gasteiger partial charge on any atom is 0.0731 e. The van der Waals surface area contributed by atoms with E-state index in [0.717, 1.165) is 17.1 Å². The number of hydrogen-bond acceptors (Lipinski definition) is 2. The molecule has 15 heavy (non-hydrogen) atoms. The molecule has 0 fully saturated rings.